The minimum Gasteiger partial charge on any atom is -0.352 e. The number of halogens is 1. The fourth-order valence-electron chi connectivity index (χ4n) is 3.98. The number of rotatable bonds is 6. The van der Waals surface area contributed by atoms with E-state index in [2.05, 4.69) is 10.6 Å². The molecule has 3 aromatic rings. The highest BCUT2D eigenvalue weighted by Gasteiger charge is 2.28. The van der Waals surface area contributed by atoms with Crippen molar-refractivity contribution in [1.29, 1.82) is 0 Å². The number of hydrogen-bond acceptors (Lipinski definition) is 2. The average molecular weight is 432 g/mol. The van der Waals surface area contributed by atoms with Crippen LogP contribution in [0.1, 0.15) is 33.8 Å². The summed E-state index contributed by atoms with van der Waals surface area (Å²) in [7, 11) is 0. The molecule has 0 radical (unpaired) electrons. The number of likely N-dealkylation sites (tertiary alicyclic amines) is 1. The Hall–Kier alpha value is -3.67. The fourth-order valence-corrected chi connectivity index (χ4v) is 3.98. The molecule has 1 unspecified atom stereocenters. The van der Waals surface area contributed by atoms with Crippen LogP contribution in [-0.2, 0) is 6.42 Å². The second-order valence-electron chi connectivity index (χ2n) is 7.95. The molecule has 1 heterocycles. The summed E-state index contributed by atoms with van der Waals surface area (Å²) in [4.78, 5) is 26.6. The molecule has 32 heavy (non-hydrogen) atoms. The van der Waals surface area contributed by atoms with Crippen LogP contribution in [-0.4, -0.2) is 36.5 Å². The molecule has 2 N–H and O–H groups in total. The number of amides is 3. The lowest BCUT2D eigenvalue weighted by atomic mass is 9.98. The van der Waals surface area contributed by atoms with Crippen LogP contribution in [0.3, 0.4) is 0 Å². The van der Waals surface area contributed by atoms with Crippen LogP contribution in [0.2, 0.25) is 0 Å². The van der Waals surface area contributed by atoms with Crippen molar-refractivity contribution in [1.82, 2.24) is 10.2 Å². The molecule has 0 aromatic heterocycles. The number of anilines is 1. The monoisotopic (exact) mass is 431 g/mol. The first-order valence-corrected chi connectivity index (χ1v) is 10.8. The fraction of sp³-hybridized carbons (Fsp3) is 0.231. The van der Waals surface area contributed by atoms with E-state index < -0.39 is 0 Å². The van der Waals surface area contributed by atoms with Gasteiger partial charge in [-0.3, -0.25) is 4.79 Å². The molecule has 6 heteroatoms. The quantitative estimate of drug-likeness (QED) is 0.588. The maximum Gasteiger partial charge on any atom is 0.321 e. The molecule has 0 saturated carbocycles. The third kappa shape index (κ3) is 5.32. The van der Waals surface area contributed by atoms with Gasteiger partial charge in [-0.15, -0.1) is 0 Å². The Morgan fingerprint density at radius 1 is 0.938 bits per heavy atom. The Morgan fingerprint density at radius 2 is 1.66 bits per heavy atom. The van der Waals surface area contributed by atoms with E-state index in [4.69, 9.17) is 0 Å². The predicted octanol–water partition coefficient (Wildman–Crippen LogP) is 4.82. The molecular formula is C26H26FN3O2. The van der Waals surface area contributed by atoms with Gasteiger partial charge in [-0.05, 0) is 54.3 Å². The van der Waals surface area contributed by atoms with E-state index in [0.29, 0.717) is 36.4 Å². The summed E-state index contributed by atoms with van der Waals surface area (Å²) in [5.74, 6) is -0.368. The van der Waals surface area contributed by atoms with Gasteiger partial charge in [0, 0.05) is 36.8 Å². The van der Waals surface area contributed by atoms with Crippen molar-refractivity contribution in [2.24, 2.45) is 0 Å². The highest BCUT2D eigenvalue weighted by molar-refractivity contribution is 5.95. The molecule has 3 amide bonds. The Bertz CT molecular complexity index is 1070. The first-order chi connectivity index (χ1) is 15.6. The Morgan fingerprint density at radius 3 is 2.41 bits per heavy atom. The zero-order valence-corrected chi connectivity index (χ0v) is 17.8. The van der Waals surface area contributed by atoms with Crippen LogP contribution in [0.15, 0.2) is 78.9 Å². The van der Waals surface area contributed by atoms with E-state index in [-0.39, 0.29) is 23.7 Å². The maximum atomic E-state index is 14.0. The molecule has 1 fully saturated rings. The van der Waals surface area contributed by atoms with Crippen molar-refractivity contribution in [3.63, 3.8) is 0 Å². The number of carbonyl (C=O) groups is 2. The van der Waals surface area contributed by atoms with Crippen LogP contribution in [0, 0.1) is 5.82 Å². The maximum absolute atomic E-state index is 14.0. The van der Waals surface area contributed by atoms with Gasteiger partial charge in [-0.2, -0.15) is 0 Å². The van der Waals surface area contributed by atoms with E-state index in [0.717, 1.165) is 12.8 Å². The highest BCUT2D eigenvalue weighted by atomic mass is 19.1. The zero-order valence-electron chi connectivity index (χ0n) is 17.8. The molecular weight excluding hydrogens is 405 g/mol. The number of hydrogen-bond donors (Lipinski definition) is 2. The first-order valence-electron chi connectivity index (χ1n) is 10.8. The summed E-state index contributed by atoms with van der Waals surface area (Å²) in [6, 6.07) is 23.3. The van der Waals surface area contributed by atoms with Crippen molar-refractivity contribution in [3.05, 3.63) is 101 Å². The highest BCUT2D eigenvalue weighted by Crippen LogP contribution is 2.29. The van der Waals surface area contributed by atoms with E-state index in [1.807, 2.05) is 36.4 Å². The van der Waals surface area contributed by atoms with Gasteiger partial charge in [0.25, 0.3) is 5.91 Å². The van der Waals surface area contributed by atoms with Gasteiger partial charge >= 0.3 is 6.03 Å². The van der Waals surface area contributed by atoms with Gasteiger partial charge in [0.15, 0.2) is 0 Å². The number of urea groups is 1. The molecule has 1 atom stereocenters. The molecule has 0 bridgehead atoms. The van der Waals surface area contributed by atoms with Gasteiger partial charge in [0.05, 0.1) is 0 Å². The minimum atomic E-state index is -0.225. The molecule has 3 aromatic carbocycles. The van der Waals surface area contributed by atoms with Crippen molar-refractivity contribution in [2.45, 2.75) is 18.8 Å². The molecule has 164 valence electrons. The van der Waals surface area contributed by atoms with Gasteiger partial charge in [0.2, 0.25) is 0 Å². The molecule has 1 aliphatic heterocycles. The molecule has 0 aliphatic carbocycles. The van der Waals surface area contributed by atoms with Gasteiger partial charge in [0.1, 0.15) is 5.82 Å². The van der Waals surface area contributed by atoms with E-state index in [1.54, 1.807) is 41.3 Å². The number of nitrogens with one attached hydrogen (secondary N) is 2. The second kappa shape index (κ2) is 10.1. The second-order valence-corrected chi connectivity index (χ2v) is 7.95. The lowest BCUT2D eigenvalue weighted by molar-refractivity contribution is 0.0954. The summed E-state index contributed by atoms with van der Waals surface area (Å²) >= 11 is 0. The standard InChI is InChI=1S/C26H26FN3O2/c27-24-9-5-4-8-23(24)21-15-17-30(18-21)26(32)29-22-12-10-20(11-13-22)25(31)28-16-14-19-6-2-1-3-7-19/h1-13,21H,14-18H2,(H,28,31)(H,29,32). The molecule has 0 spiro atoms. The normalized spacial score (nSPS) is 15.4. The zero-order chi connectivity index (χ0) is 22.3. The Labute approximate surface area is 187 Å². The third-order valence-electron chi connectivity index (χ3n) is 5.76. The summed E-state index contributed by atoms with van der Waals surface area (Å²) in [6.45, 7) is 1.61. The predicted molar refractivity (Wildman–Crippen MR) is 123 cm³/mol. The van der Waals surface area contributed by atoms with Crippen LogP contribution < -0.4 is 10.6 Å². The topological polar surface area (TPSA) is 61.4 Å². The van der Waals surface area contributed by atoms with E-state index in [1.165, 1.54) is 11.6 Å². The van der Waals surface area contributed by atoms with E-state index >= 15 is 0 Å². The van der Waals surface area contributed by atoms with Gasteiger partial charge < -0.3 is 15.5 Å². The van der Waals surface area contributed by atoms with Crippen molar-refractivity contribution in [3.8, 4) is 0 Å². The number of nitrogens with zero attached hydrogens (tertiary/aromatic N) is 1. The third-order valence-corrected chi connectivity index (χ3v) is 5.76. The number of benzene rings is 3. The largest absolute Gasteiger partial charge is 0.352 e. The lowest BCUT2D eigenvalue weighted by Gasteiger charge is -2.18. The summed E-state index contributed by atoms with van der Waals surface area (Å²) in [6.07, 6.45) is 1.50. The summed E-state index contributed by atoms with van der Waals surface area (Å²) < 4.78 is 14.0. The minimum absolute atomic E-state index is 0.00362. The molecule has 1 saturated heterocycles. The van der Waals surface area contributed by atoms with Crippen molar-refractivity contribution >= 4 is 17.6 Å². The smallest absolute Gasteiger partial charge is 0.321 e. The van der Waals surface area contributed by atoms with Crippen LogP contribution >= 0.6 is 0 Å². The summed E-state index contributed by atoms with van der Waals surface area (Å²) in [5.41, 5.74) is 2.98. The van der Waals surface area contributed by atoms with Crippen LogP contribution in [0.25, 0.3) is 0 Å². The molecule has 5 nitrogen and oxygen atoms in total. The number of carbonyl (C=O) groups excluding carboxylic acids is 2. The van der Waals surface area contributed by atoms with Crippen LogP contribution in [0.5, 0.6) is 0 Å². The first kappa shape index (κ1) is 21.6. The average Bonchev–Trinajstić information content (AvgIpc) is 3.31. The van der Waals surface area contributed by atoms with E-state index in [9.17, 15) is 14.0 Å². The Balaban J connectivity index is 1.26. The van der Waals surface area contributed by atoms with Gasteiger partial charge in [-0.1, -0.05) is 48.5 Å². The molecule has 4 rings (SSSR count). The lowest BCUT2D eigenvalue weighted by Crippen LogP contribution is -2.32. The van der Waals surface area contributed by atoms with Gasteiger partial charge in [-0.25, -0.2) is 9.18 Å². The van der Waals surface area contributed by atoms with Crippen LogP contribution in [0.4, 0.5) is 14.9 Å². The molecule has 1 aliphatic rings. The van der Waals surface area contributed by atoms with Crippen molar-refractivity contribution in [2.75, 3.05) is 25.0 Å². The van der Waals surface area contributed by atoms with Crippen molar-refractivity contribution < 1.29 is 14.0 Å². The Kier molecular flexibility index (Phi) is 6.80. The summed E-state index contributed by atoms with van der Waals surface area (Å²) in [5, 5.41) is 5.78. The SMILES string of the molecule is O=C(NCCc1ccccc1)c1ccc(NC(=O)N2CCC(c3ccccc3F)C2)cc1.